The van der Waals surface area contributed by atoms with Gasteiger partial charge in [-0.15, -0.1) is 0 Å². The van der Waals surface area contributed by atoms with Gasteiger partial charge in [-0.3, -0.25) is 0 Å². The van der Waals surface area contributed by atoms with E-state index in [1.165, 1.54) is 49.3 Å². The molecule has 0 spiro atoms. The number of nitrogens with zero attached hydrogens (tertiary/aromatic N) is 2. The van der Waals surface area contributed by atoms with E-state index in [2.05, 4.69) is 18.5 Å². The Kier molecular flexibility index (Phi) is 3.64. The molecule has 0 amide bonds. The molecule has 0 unspecified atom stereocenters. The summed E-state index contributed by atoms with van der Waals surface area (Å²) in [6.07, 6.45) is 7.70. The Balaban J connectivity index is 2.23. The lowest BCUT2D eigenvalue weighted by molar-refractivity contribution is 0.420. The highest BCUT2D eigenvalue weighted by Crippen LogP contribution is 2.32. The quantitative estimate of drug-likeness (QED) is 0.851. The molecule has 0 atom stereocenters. The average molecular weight is 221 g/mol. The highest BCUT2D eigenvalue weighted by molar-refractivity contribution is 5.18. The molecule has 2 rings (SSSR count). The Hall–Kier alpha value is -0.830. The van der Waals surface area contributed by atoms with E-state index in [1.807, 2.05) is 0 Å². The molecule has 0 radical (unpaired) electrons. The highest BCUT2D eigenvalue weighted by Gasteiger charge is 2.21. The minimum Gasteiger partial charge on any atom is -0.335 e. The van der Waals surface area contributed by atoms with Gasteiger partial charge in [-0.05, 0) is 26.3 Å². The summed E-state index contributed by atoms with van der Waals surface area (Å²) >= 11 is 0. The summed E-state index contributed by atoms with van der Waals surface area (Å²) in [7, 11) is 2.15. The van der Waals surface area contributed by atoms with Crippen LogP contribution in [0.3, 0.4) is 0 Å². The van der Waals surface area contributed by atoms with Crippen LogP contribution in [0.15, 0.2) is 0 Å². The molecule has 1 heterocycles. The lowest BCUT2D eigenvalue weighted by atomic mass is 9.89. The molecule has 0 bridgehead atoms. The minimum absolute atomic E-state index is 0.684. The normalized spacial score (nSPS) is 17.9. The summed E-state index contributed by atoms with van der Waals surface area (Å²) in [6, 6.07) is 0. The van der Waals surface area contributed by atoms with Crippen LogP contribution in [0.2, 0.25) is 0 Å². The van der Waals surface area contributed by atoms with Crippen molar-refractivity contribution < 1.29 is 0 Å². The SMILES string of the molecule is Cc1nc(C2CCCCC2)n(C)c1CCN. The molecule has 3 heteroatoms. The van der Waals surface area contributed by atoms with Gasteiger partial charge in [-0.1, -0.05) is 19.3 Å². The smallest absolute Gasteiger partial charge is 0.112 e. The van der Waals surface area contributed by atoms with Crippen molar-refractivity contribution in [1.29, 1.82) is 0 Å². The topological polar surface area (TPSA) is 43.8 Å². The molecule has 16 heavy (non-hydrogen) atoms. The zero-order chi connectivity index (χ0) is 11.5. The summed E-state index contributed by atoms with van der Waals surface area (Å²) < 4.78 is 2.29. The molecule has 0 aromatic carbocycles. The summed E-state index contributed by atoms with van der Waals surface area (Å²) in [4.78, 5) is 4.76. The Bertz CT molecular complexity index is 348. The maximum absolute atomic E-state index is 5.64. The van der Waals surface area contributed by atoms with Crippen molar-refractivity contribution in [2.24, 2.45) is 12.8 Å². The molecular formula is C13H23N3. The van der Waals surface area contributed by atoms with Crippen LogP contribution in [0, 0.1) is 6.92 Å². The molecule has 3 nitrogen and oxygen atoms in total. The fourth-order valence-corrected chi connectivity index (χ4v) is 2.90. The Morgan fingerprint density at radius 1 is 1.31 bits per heavy atom. The van der Waals surface area contributed by atoms with Gasteiger partial charge < -0.3 is 10.3 Å². The summed E-state index contributed by atoms with van der Waals surface area (Å²) in [5.41, 5.74) is 8.14. The van der Waals surface area contributed by atoms with Gasteiger partial charge in [-0.2, -0.15) is 0 Å². The molecule has 1 aromatic rings. The molecule has 1 aliphatic carbocycles. The fraction of sp³-hybridized carbons (Fsp3) is 0.769. The number of rotatable bonds is 3. The summed E-state index contributed by atoms with van der Waals surface area (Å²) in [5, 5.41) is 0. The van der Waals surface area contributed by atoms with Crippen molar-refractivity contribution in [2.75, 3.05) is 6.54 Å². The van der Waals surface area contributed by atoms with Gasteiger partial charge in [0.15, 0.2) is 0 Å². The van der Waals surface area contributed by atoms with Gasteiger partial charge in [0.05, 0.1) is 5.69 Å². The molecule has 0 aliphatic heterocycles. The standard InChI is InChI=1S/C13H23N3/c1-10-12(8-9-14)16(2)13(15-10)11-6-4-3-5-7-11/h11H,3-9,14H2,1-2H3. The van der Waals surface area contributed by atoms with Crippen LogP contribution < -0.4 is 5.73 Å². The van der Waals surface area contributed by atoms with Gasteiger partial charge in [0.1, 0.15) is 5.82 Å². The van der Waals surface area contributed by atoms with E-state index in [-0.39, 0.29) is 0 Å². The first-order valence-electron chi connectivity index (χ1n) is 6.46. The zero-order valence-electron chi connectivity index (χ0n) is 10.5. The molecule has 1 fully saturated rings. The lowest BCUT2D eigenvalue weighted by Crippen LogP contribution is -2.13. The van der Waals surface area contributed by atoms with E-state index in [4.69, 9.17) is 10.7 Å². The molecule has 1 aromatic heterocycles. The first-order chi connectivity index (χ1) is 7.74. The monoisotopic (exact) mass is 221 g/mol. The number of hydrogen-bond acceptors (Lipinski definition) is 2. The van der Waals surface area contributed by atoms with Crippen molar-refractivity contribution in [3.63, 3.8) is 0 Å². The van der Waals surface area contributed by atoms with Crippen LogP contribution in [0.25, 0.3) is 0 Å². The first kappa shape index (κ1) is 11.6. The maximum atomic E-state index is 5.64. The highest BCUT2D eigenvalue weighted by atomic mass is 15.1. The van der Waals surface area contributed by atoms with Crippen molar-refractivity contribution >= 4 is 0 Å². The predicted octanol–water partition coefficient (Wildman–Crippen LogP) is 2.28. The number of nitrogens with two attached hydrogens (primary N) is 1. The number of aryl methyl sites for hydroxylation is 1. The van der Waals surface area contributed by atoms with Crippen molar-refractivity contribution in [3.8, 4) is 0 Å². The van der Waals surface area contributed by atoms with Crippen LogP contribution in [0.4, 0.5) is 0 Å². The lowest BCUT2D eigenvalue weighted by Gasteiger charge is -2.21. The van der Waals surface area contributed by atoms with Gasteiger partial charge in [0.2, 0.25) is 0 Å². The van der Waals surface area contributed by atoms with E-state index in [0.717, 1.165) is 6.42 Å². The Morgan fingerprint density at radius 2 is 2.00 bits per heavy atom. The van der Waals surface area contributed by atoms with E-state index < -0.39 is 0 Å². The number of imidazole rings is 1. The van der Waals surface area contributed by atoms with Gasteiger partial charge >= 0.3 is 0 Å². The number of aromatic nitrogens is 2. The third-order valence-corrected chi connectivity index (χ3v) is 3.80. The maximum Gasteiger partial charge on any atom is 0.112 e. The third kappa shape index (κ3) is 2.14. The third-order valence-electron chi connectivity index (χ3n) is 3.80. The van der Waals surface area contributed by atoms with E-state index in [1.54, 1.807) is 0 Å². The fourth-order valence-electron chi connectivity index (χ4n) is 2.90. The van der Waals surface area contributed by atoms with E-state index in [9.17, 15) is 0 Å². The minimum atomic E-state index is 0.684. The molecule has 0 saturated heterocycles. The first-order valence-corrected chi connectivity index (χ1v) is 6.46. The molecule has 90 valence electrons. The number of hydrogen-bond donors (Lipinski definition) is 1. The Morgan fingerprint density at radius 3 is 2.62 bits per heavy atom. The summed E-state index contributed by atoms with van der Waals surface area (Å²) in [6.45, 7) is 2.82. The van der Waals surface area contributed by atoms with Crippen molar-refractivity contribution in [3.05, 3.63) is 17.2 Å². The van der Waals surface area contributed by atoms with Crippen molar-refractivity contribution in [2.45, 2.75) is 51.4 Å². The molecule has 2 N–H and O–H groups in total. The predicted molar refractivity (Wildman–Crippen MR) is 66.5 cm³/mol. The summed E-state index contributed by atoms with van der Waals surface area (Å²) in [5.74, 6) is 1.98. The van der Waals surface area contributed by atoms with Crippen LogP contribution >= 0.6 is 0 Å². The second kappa shape index (κ2) is 5.00. The zero-order valence-corrected chi connectivity index (χ0v) is 10.5. The Labute approximate surface area is 98.1 Å². The van der Waals surface area contributed by atoms with Crippen LogP contribution in [-0.4, -0.2) is 16.1 Å². The van der Waals surface area contributed by atoms with Crippen LogP contribution in [0.5, 0.6) is 0 Å². The second-order valence-electron chi connectivity index (χ2n) is 4.93. The van der Waals surface area contributed by atoms with E-state index >= 15 is 0 Å². The van der Waals surface area contributed by atoms with Gasteiger partial charge in [-0.25, -0.2) is 4.98 Å². The molecule has 1 aliphatic rings. The van der Waals surface area contributed by atoms with Crippen LogP contribution in [-0.2, 0) is 13.5 Å². The van der Waals surface area contributed by atoms with Gasteiger partial charge in [0.25, 0.3) is 0 Å². The molecular weight excluding hydrogens is 198 g/mol. The van der Waals surface area contributed by atoms with E-state index in [0.29, 0.717) is 12.5 Å². The average Bonchev–Trinajstić information content (AvgIpc) is 2.59. The molecule has 1 saturated carbocycles. The largest absolute Gasteiger partial charge is 0.335 e. The van der Waals surface area contributed by atoms with Crippen LogP contribution in [0.1, 0.15) is 55.2 Å². The van der Waals surface area contributed by atoms with Gasteiger partial charge in [0, 0.05) is 25.1 Å². The second-order valence-corrected chi connectivity index (χ2v) is 4.93. The van der Waals surface area contributed by atoms with Crippen molar-refractivity contribution in [1.82, 2.24) is 9.55 Å².